The van der Waals surface area contributed by atoms with Crippen LogP contribution in [0.1, 0.15) is 91.1 Å². The van der Waals surface area contributed by atoms with Gasteiger partial charge in [0.05, 0.1) is 5.56 Å². The van der Waals surface area contributed by atoms with Gasteiger partial charge < -0.3 is 5.32 Å². The molecule has 2 N–H and O–H groups in total. The number of unbranched alkanes of at least 4 members (excludes halogenated alkanes) is 3. The first-order valence-electron chi connectivity index (χ1n) is 10.8. The van der Waals surface area contributed by atoms with Crippen LogP contribution < -0.4 is 10.6 Å². The lowest BCUT2D eigenvalue weighted by molar-refractivity contribution is 0.0844. The standard InChI is InChI=1S/C24H32N2O2/c1-4-7-11-16-17(12-8-5-2)22(25-15-9-6-3)18-13-10-14-19-20(18)21(16)24(28)26-23(19)27/h10,13-14,25H,4-9,11-12,15H2,1-3H3,(H,26,27,28). The summed E-state index contributed by atoms with van der Waals surface area (Å²) in [5, 5.41) is 8.09. The fourth-order valence-electron chi connectivity index (χ4n) is 4.17. The molecule has 150 valence electrons. The second kappa shape index (κ2) is 9.22. The van der Waals surface area contributed by atoms with Crippen LogP contribution in [0.25, 0.3) is 10.8 Å². The van der Waals surface area contributed by atoms with E-state index in [1.165, 1.54) is 5.56 Å². The number of carbonyl (C=O) groups is 2. The fraction of sp³-hybridized carbons (Fsp3) is 0.500. The topological polar surface area (TPSA) is 58.2 Å². The molecule has 0 saturated carbocycles. The van der Waals surface area contributed by atoms with E-state index in [1.54, 1.807) is 0 Å². The van der Waals surface area contributed by atoms with E-state index in [9.17, 15) is 9.59 Å². The zero-order valence-electron chi connectivity index (χ0n) is 17.4. The molecule has 3 rings (SSSR count). The molecule has 0 fully saturated rings. The Hall–Kier alpha value is -2.36. The maximum absolute atomic E-state index is 12.9. The van der Waals surface area contributed by atoms with E-state index in [2.05, 4.69) is 37.5 Å². The predicted octanol–water partition coefficient (Wildman–Crippen LogP) is 5.62. The third kappa shape index (κ3) is 3.78. The number of nitrogens with one attached hydrogen (secondary N) is 2. The molecule has 0 aliphatic carbocycles. The zero-order chi connectivity index (χ0) is 20.1. The minimum atomic E-state index is -0.287. The molecule has 0 aromatic heterocycles. The van der Waals surface area contributed by atoms with Crippen molar-refractivity contribution in [1.29, 1.82) is 0 Å². The van der Waals surface area contributed by atoms with Gasteiger partial charge in [-0.05, 0) is 49.3 Å². The molecule has 2 amide bonds. The molecule has 1 aliphatic rings. The van der Waals surface area contributed by atoms with Gasteiger partial charge in [0.25, 0.3) is 11.8 Å². The molecular formula is C24H32N2O2. The summed E-state index contributed by atoms with van der Waals surface area (Å²) in [5.74, 6) is -0.525. The SMILES string of the molecule is CCCCNc1c(CCCC)c(CCCC)c2c3c(cccc13)C(=O)NC2=O. The summed E-state index contributed by atoms with van der Waals surface area (Å²) in [6.45, 7) is 7.47. The fourth-order valence-corrected chi connectivity index (χ4v) is 4.17. The lowest BCUT2D eigenvalue weighted by Crippen LogP contribution is -2.36. The largest absolute Gasteiger partial charge is 0.384 e. The van der Waals surface area contributed by atoms with Crippen LogP contribution in [-0.4, -0.2) is 18.4 Å². The molecule has 0 radical (unpaired) electrons. The van der Waals surface area contributed by atoms with Crippen LogP contribution in [0.5, 0.6) is 0 Å². The highest BCUT2D eigenvalue weighted by Gasteiger charge is 2.30. The maximum Gasteiger partial charge on any atom is 0.259 e. The lowest BCUT2D eigenvalue weighted by Gasteiger charge is -2.26. The van der Waals surface area contributed by atoms with E-state index in [4.69, 9.17) is 0 Å². The quantitative estimate of drug-likeness (QED) is 0.415. The molecule has 2 aromatic rings. The summed E-state index contributed by atoms with van der Waals surface area (Å²) in [6.07, 6.45) is 8.37. The molecule has 0 spiro atoms. The van der Waals surface area contributed by atoms with E-state index in [0.29, 0.717) is 5.56 Å². The minimum absolute atomic E-state index is 0.238. The van der Waals surface area contributed by atoms with Crippen molar-refractivity contribution in [3.8, 4) is 0 Å². The summed E-state index contributed by atoms with van der Waals surface area (Å²) in [4.78, 5) is 25.4. The number of hydrogen-bond acceptors (Lipinski definition) is 3. The van der Waals surface area contributed by atoms with Gasteiger partial charge >= 0.3 is 0 Å². The van der Waals surface area contributed by atoms with E-state index < -0.39 is 0 Å². The number of hydrogen-bond donors (Lipinski definition) is 2. The van der Waals surface area contributed by atoms with Gasteiger partial charge in [0.1, 0.15) is 0 Å². The number of carbonyl (C=O) groups excluding carboxylic acids is 2. The minimum Gasteiger partial charge on any atom is -0.384 e. The molecule has 0 saturated heterocycles. The Kier molecular flexibility index (Phi) is 6.71. The van der Waals surface area contributed by atoms with E-state index in [1.807, 2.05) is 12.1 Å². The first-order valence-corrected chi connectivity index (χ1v) is 10.8. The Morgan fingerprint density at radius 1 is 0.857 bits per heavy atom. The highest BCUT2D eigenvalue weighted by molar-refractivity contribution is 6.27. The van der Waals surface area contributed by atoms with Crippen LogP contribution in [-0.2, 0) is 12.8 Å². The van der Waals surface area contributed by atoms with Gasteiger partial charge in [-0.25, -0.2) is 0 Å². The second-order valence-electron chi connectivity index (χ2n) is 7.71. The zero-order valence-corrected chi connectivity index (χ0v) is 17.4. The molecular weight excluding hydrogens is 348 g/mol. The Morgan fingerprint density at radius 3 is 2.21 bits per heavy atom. The van der Waals surface area contributed by atoms with Gasteiger partial charge in [-0.3, -0.25) is 14.9 Å². The molecule has 1 heterocycles. The number of rotatable bonds is 10. The Labute approximate surface area is 168 Å². The average Bonchev–Trinajstić information content (AvgIpc) is 2.69. The number of benzene rings is 2. The van der Waals surface area contributed by atoms with Gasteiger partial charge in [0.2, 0.25) is 0 Å². The highest BCUT2D eigenvalue weighted by atomic mass is 16.2. The highest BCUT2D eigenvalue weighted by Crippen LogP contribution is 2.39. The normalized spacial score (nSPS) is 13.1. The van der Waals surface area contributed by atoms with Crippen molar-refractivity contribution in [2.75, 3.05) is 11.9 Å². The monoisotopic (exact) mass is 380 g/mol. The molecule has 28 heavy (non-hydrogen) atoms. The van der Waals surface area contributed by atoms with Crippen LogP contribution in [0.3, 0.4) is 0 Å². The number of imide groups is 1. The Balaban J connectivity index is 2.32. The van der Waals surface area contributed by atoms with Crippen LogP contribution in [0.15, 0.2) is 18.2 Å². The Morgan fingerprint density at radius 2 is 1.54 bits per heavy atom. The van der Waals surface area contributed by atoms with Gasteiger partial charge in [-0.15, -0.1) is 0 Å². The van der Waals surface area contributed by atoms with Crippen LogP contribution in [0.4, 0.5) is 5.69 Å². The van der Waals surface area contributed by atoms with Gasteiger partial charge in [-0.2, -0.15) is 0 Å². The molecule has 1 aliphatic heterocycles. The van der Waals surface area contributed by atoms with Crippen LogP contribution in [0.2, 0.25) is 0 Å². The van der Waals surface area contributed by atoms with Gasteiger partial charge in [-0.1, -0.05) is 52.2 Å². The molecule has 2 aromatic carbocycles. The third-order valence-electron chi connectivity index (χ3n) is 5.64. The average molecular weight is 381 g/mol. The van der Waals surface area contributed by atoms with Crippen molar-refractivity contribution >= 4 is 28.3 Å². The molecule has 4 nitrogen and oxygen atoms in total. The van der Waals surface area contributed by atoms with E-state index in [0.717, 1.165) is 85.5 Å². The summed E-state index contributed by atoms with van der Waals surface area (Å²) in [5.41, 5.74) is 4.89. The summed E-state index contributed by atoms with van der Waals surface area (Å²) in [7, 11) is 0. The van der Waals surface area contributed by atoms with Gasteiger partial charge in [0, 0.05) is 28.6 Å². The predicted molar refractivity (Wildman–Crippen MR) is 116 cm³/mol. The van der Waals surface area contributed by atoms with Gasteiger partial charge in [0.15, 0.2) is 0 Å². The summed E-state index contributed by atoms with van der Waals surface area (Å²) >= 11 is 0. The first kappa shape index (κ1) is 20.4. The van der Waals surface area contributed by atoms with Crippen molar-refractivity contribution in [2.24, 2.45) is 0 Å². The molecule has 0 bridgehead atoms. The number of amides is 2. The van der Waals surface area contributed by atoms with Crippen LogP contribution in [0, 0.1) is 0 Å². The smallest absolute Gasteiger partial charge is 0.259 e. The van der Waals surface area contributed by atoms with Crippen molar-refractivity contribution in [2.45, 2.75) is 72.1 Å². The molecule has 0 unspecified atom stereocenters. The summed E-state index contributed by atoms with van der Waals surface area (Å²) in [6, 6.07) is 5.82. The third-order valence-corrected chi connectivity index (χ3v) is 5.64. The molecule has 0 atom stereocenters. The van der Waals surface area contributed by atoms with E-state index in [-0.39, 0.29) is 11.8 Å². The van der Waals surface area contributed by atoms with Crippen molar-refractivity contribution < 1.29 is 9.59 Å². The molecule has 4 heteroatoms. The second-order valence-corrected chi connectivity index (χ2v) is 7.71. The first-order chi connectivity index (χ1) is 13.6. The van der Waals surface area contributed by atoms with Crippen molar-refractivity contribution in [1.82, 2.24) is 5.32 Å². The van der Waals surface area contributed by atoms with Crippen LogP contribution >= 0.6 is 0 Å². The maximum atomic E-state index is 12.9. The van der Waals surface area contributed by atoms with E-state index >= 15 is 0 Å². The summed E-state index contributed by atoms with van der Waals surface area (Å²) < 4.78 is 0. The Bertz CT molecular complexity index is 886. The van der Waals surface area contributed by atoms with Crippen molar-refractivity contribution in [3.63, 3.8) is 0 Å². The van der Waals surface area contributed by atoms with Crippen molar-refractivity contribution in [3.05, 3.63) is 40.5 Å². The lowest BCUT2D eigenvalue weighted by atomic mass is 9.83. The number of anilines is 1.